The van der Waals surface area contributed by atoms with Gasteiger partial charge in [-0.05, 0) is 256 Å². The zero-order valence-electron chi connectivity index (χ0n) is 73.5. The summed E-state index contributed by atoms with van der Waals surface area (Å²) in [6.07, 6.45) is 1.46. The molecule has 0 aliphatic rings. The van der Waals surface area contributed by atoms with Crippen LogP contribution in [0.2, 0.25) is 0 Å². The molecule has 0 atom stereocenters. The van der Waals surface area contributed by atoms with Gasteiger partial charge in [0.2, 0.25) is 0 Å². The van der Waals surface area contributed by atoms with Gasteiger partial charge in [-0.2, -0.15) is 0 Å². The van der Waals surface area contributed by atoms with Gasteiger partial charge in [0.15, 0.2) is 11.5 Å². The Labute approximate surface area is 700 Å². The Balaban J connectivity index is 0.763. The molecule has 0 radical (unpaired) electrons. The molecule has 8 heteroatoms. The zero-order valence-corrected chi connectivity index (χ0v) is 75.1. The highest BCUT2D eigenvalue weighted by Gasteiger charge is 2.30. The standard InChI is InChI=1S/C108H124N2O4S2/c1-59(2)75-49-81(63(9)10)101(82(50-75)64(11)12)71-35-39-95-89(45-71)90-46-72(102-83(65(13)14)51-76(60(3)4)52-84(102)66(15)16)36-40-96(90)109(95)107-105(111)93(57-115-107)79-31-25-27-33-99(79)113-43-29-30-44-114-100-34-28-26-32-80(100)94-58-116-108(106(94)112)110-97-41-37-73(103-85(67(17)18)53-77(61(5)6)54-86(103)68(19)20)47-91(97)92-48-74(38-42-98(92)110)104-87(69(21)22)55-78(62(7)8)56-88(104)70(23)24/h25-28,31-42,45-70,111-112H,29-30,43-44H2,1-24H3. The molecule has 0 saturated carbocycles. The van der Waals surface area contributed by atoms with Crippen LogP contribution < -0.4 is 9.47 Å². The van der Waals surface area contributed by atoms with Gasteiger partial charge < -0.3 is 19.7 Å². The summed E-state index contributed by atoms with van der Waals surface area (Å²) in [5.41, 5.74) is 34.1. The van der Waals surface area contributed by atoms with Crippen molar-refractivity contribution in [2.75, 3.05) is 13.2 Å². The van der Waals surface area contributed by atoms with Crippen LogP contribution in [-0.2, 0) is 0 Å². The normalized spacial score (nSPS) is 12.4. The van der Waals surface area contributed by atoms with E-state index in [0.717, 1.165) is 88.7 Å². The molecule has 602 valence electrons. The van der Waals surface area contributed by atoms with Gasteiger partial charge in [0.25, 0.3) is 0 Å². The van der Waals surface area contributed by atoms with E-state index in [4.69, 9.17) is 9.47 Å². The van der Waals surface area contributed by atoms with Crippen molar-refractivity contribution in [2.45, 2.75) is 250 Å². The predicted octanol–water partition coefficient (Wildman–Crippen LogP) is 33.1. The first kappa shape index (κ1) is 82.9. The first-order valence-corrected chi connectivity index (χ1v) is 45.0. The minimum Gasteiger partial charge on any atom is -0.504 e. The predicted molar refractivity (Wildman–Crippen MR) is 503 cm³/mol. The van der Waals surface area contributed by atoms with Crippen LogP contribution in [0.25, 0.3) is 120 Å². The van der Waals surface area contributed by atoms with Crippen LogP contribution in [0.5, 0.6) is 23.0 Å². The topological polar surface area (TPSA) is 68.8 Å². The van der Waals surface area contributed by atoms with E-state index in [2.05, 4.69) is 320 Å². The van der Waals surface area contributed by atoms with Gasteiger partial charge in [-0.1, -0.05) is 275 Å². The zero-order chi connectivity index (χ0) is 82.9. The Bertz CT molecular complexity index is 5240. The van der Waals surface area contributed by atoms with Crippen LogP contribution in [-0.4, -0.2) is 32.6 Å². The van der Waals surface area contributed by atoms with Crippen molar-refractivity contribution < 1.29 is 19.7 Å². The van der Waals surface area contributed by atoms with Crippen molar-refractivity contribution in [2.24, 2.45) is 0 Å². The molecule has 0 spiro atoms. The average molecular weight is 1580 g/mol. The van der Waals surface area contributed by atoms with Crippen LogP contribution in [0.15, 0.2) is 181 Å². The summed E-state index contributed by atoms with van der Waals surface area (Å²) in [4.78, 5) is 0. The second-order valence-electron chi connectivity index (χ2n) is 36.8. The molecule has 2 N–H and O–H groups in total. The van der Waals surface area contributed by atoms with Crippen molar-refractivity contribution >= 4 is 66.3 Å². The molecule has 0 saturated heterocycles. The summed E-state index contributed by atoms with van der Waals surface area (Å²) in [5.74, 6) is 6.11. The summed E-state index contributed by atoms with van der Waals surface area (Å²) in [6.45, 7) is 56.7. The SMILES string of the molecule is CC(C)c1cc(C(C)C)c(-c2ccc3c(c2)c2cc(-c4c(C(C)C)cc(C(C)C)cc4C(C)C)ccc2n3-c2scc(-c3ccccc3OCCCCOc3ccccc3-c3csc(-n4c5ccc(-c6c(C(C)C)cc(C(C)C)cc6C(C)C)cc5c5cc(-c6c(C(C)C)cc(C(C)C)cc6C(C)C)ccc54)c3O)c2O)c(C(C)C)c1. The van der Waals surface area contributed by atoms with Crippen LogP contribution in [0, 0.1) is 0 Å². The van der Waals surface area contributed by atoms with E-state index in [9.17, 15) is 10.2 Å². The minimum absolute atomic E-state index is 0.224. The number of hydrogen-bond acceptors (Lipinski definition) is 6. The van der Waals surface area contributed by atoms with Gasteiger partial charge >= 0.3 is 0 Å². The molecule has 6 nitrogen and oxygen atoms in total. The summed E-state index contributed by atoms with van der Waals surface area (Å²) in [5, 5.41) is 36.2. The third-order valence-electron chi connectivity index (χ3n) is 24.5. The number of rotatable bonds is 27. The highest BCUT2D eigenvalue weighted by atomic mass is 32.1. The van der Waals surface area contributed by atoms with Crippen molar-refractivity contribution in [1.29, 1.82) is 0 Å². The molecule has 14 aromatic rings. The molecule has 0 unspecified atom stereocenters. The molecule has 4 aromatic heterocycles. The molecular formula is C108H124N2O4S2. The second kappa shape index (κ2) is 33.8. The minimum atomic E-state index is 0.224. The number of benzene rings is 10. The molecular weight excluding hydrogens is 1450 g/mol. The number of aromatic hydroxyl groups is 2. The lowest BCUT2D eigenvalue weighted by Crippen LogP contribution is -2.04. The van der Waals surface area contributed by atoms with E-state index in [1.807, 2.05) is 36.4 Å². The lowest BCUT2D eigenvalue weighted by Gasteiger charge is -2.23. The third kappa shape index (κ3) is 15.6. The first-order chi connectivity index (χ1) is 55.3. The Morgan fingerprint density at radius 3 is 0.707 bits per heavy atom. The lowest BCUT2D eigenvalue weighted by molar-refractivity contribution is 0.267. The summed E-state index contributed by atoms with van der Waals surface area (Å²) in [7, 11) is 0. The van der Waals surface area contributed by atoms with Gasteiger partial charge in [-0.15, -0.1) is 22.7 Å². The van der Waals surface area contributed by atoms with Crippen molar-refractivity contribution in [3.63, 3.8) is 0 Å². The average Bonchev–Trinajstić information content (AvgIpc) is 1.56. The quantitative estimate of drug-likeness (QED) is 0.0504. The van der Waals surface area contributed by atoms with Gasteiger partial charge in [0, 0.05) is 54.6 Å². The van der Waals surface area contributed by atoms with Crippen molar-refractivity contribution in [1.82, 2.24) is 9.13 Å². The Hall–Kier alpha value is -9.60. The van der Waals surface area contributed by atoms with Crippen LogP contribution in [0.1, 0.15) is 317 Å². The maximum atomic E-state index is 12.9. The Morgan fingerprint density at radius 1 is 0.267 bits per heavy atom. The fraction of sp³-hybridized carbons (Fsp3) is 0.370. The number of fused-ring (bicyclic) bond motifs is 6. The first-order valence-electron chi connectivity index (χ1n) is 43.3. The highest BCUT2D eigenvalue weighted by Crippen LogP contribution is 2.53. The Morgan fingerprint density at radius 2 is 0.491 bits per heavy atom. The van der Waals surface area contributed by atoms with Gasteiger partial charge in [-0.25, -0.2) is 0 Å². The van der Waals surface area contributed by atoms with Crippen LogP contribution in [0.3, 0.4) is 0 Å². The number of thiophene rings is 2. The fourth-order valence-corrected chi connectivity index (χ4v) is 19.8. The Kier molecular flexibility index (Phi) is 24.1. The number of aromatic nitrogens is 2. The van der Waals surface area contributed by atoms with E-state index in [0.29, 0.717) is 95.7 Å². The lowest BCUT2D eigenvalue weighted by atomic mass is 9.81. The molecule has 116 heavy (non-hydrogen) atoms. The van der Waals surface area contributed by atoms with E-state index in [-0.39, 0.29) is 11.5 Å². The number of para-hydroxylation sites is 2. The number of nitrogens with zero attached hydrogens (tertiary/aromatic N) is 2. The van der Waals surface area contributed by atoms with Crippen molar-refractivity contribution in [3.8, 4) is 99.8 Å². The van der Waals surface area contributed by atoms with E-state index in [1.54, 1.807) is 22.7 Å². The monoisotopic (exact) mass is 1580 g/mol. The van der Waals surface area contributed by atoms with Gasteiger partial charge in [-0.3, -0.25) is 9.13 Å². The van der Waals surface area contributed by atoms with Crippen LogP contribution in [0.4, 0.5) is 0 Å². The smallest absolute Gasteiger partial charge is 0.158 e. The third-order valence-corrected chi connectivity index (χ3v) is 26.4. The maximum Gasteiger partial charge on any atom is 0.158 e. The van der Waals surface area contributed by atoms with Crippen LogP contribution >= 0.6 is 22.7 Å². The van der Waals surface area contributed by atoms with Gasteiger partial charge in [0.05, 0.1) is 35.3 Å². The molecule has 0 amide bonds. The second-order valence-corrected chi connectivity index (χ2v) is 38.5. The molecule has 0 aliphatic heterocycles. The summed E-state index contributed by atoms with van der Waals surface area (Å²) < 4.78 is 18.1. The number of hydrogen-bond donors (Lipinski definition) is 2. The molecule has 4 heterocycles. The molecule has 0 fully saturated rings. The summed E-state index contributed by atoms with van der Waals surface area (Å²) >= 11 is 3.13. The summed E-state index contributed by atoms with van der Waals surface area (Å²) in [6, 6.07) is 64.2. The molecule has 0 bridgehead atoms. The van der Waals surface area contributed by atoms with Gasteiger partial charge in [0.1, 0.15) is 21.5 Å². The van der Waals surface area contributed by atoms with Crippen molar-refractivity contribution in [3.05, 3.63) is 247 Å². The maximum absolute atomic E-state index is 12.9. The van der Waals surface area contributed by atoms with E-state index in [1.165, 1.54) is 111 Å². The molecule has 10 aromatic carbocycles. The molecule has 14 rings (SSSR count). The van der Waals surface area contributed by atoms with E-state index >= 15 is 0 Å². The fourth-order valence-electron chi connectivity index (χ4n) is 17.8. The molecule has 0 aliphatic carbocycles. The number of unbranched alkanes of at least 4 members (excludes halogenated alkanes) is 1. The highest BCUT2D eigenvalue weighted by molar-refractivity contribution is 7.14. The number of ether oxygens (including phenoxy) is 2. The van der Waals surface area contributed by atoms with E-state index < -0.39 is 0 Å². The largest absolute Gasteiger partial charge is 0.504 e.